The molecule has 1 aliphatic heterocycles. The normalized spacial score (nSPS) is 14.8. The van der Waals surface area contributed by atoms with Crippen LogP contribution in [0.1, 0.15) is 40.5 Å². The number of aromatic nitrogens is 2. The molecule has 2 aromatic heterocycles. The van der Waals surface area contributed by atoms with Gasteiger partial charge in [-0.25, -0.2) is 0 Å². The van der Waals surface area contributed by atoms with E-state index < -0.39 is 0 Å². The fraction of sp³-hybridized carbons (Fsp3) is 0.231. The standard InChI is InChI=1S/C26H25N3O2/c1-18(30)29-15-10-20-16-21(6-7-25(20)29)26(31)11-14-28-12-8-19(9-13-28)23-17-27-24-5-3-2-4-22(23)24/h2-8,10,15-17,27H,9,11-14H2,1H3. The highest BCUT2D eigenvalue weighted by Gasteiger charge is 2.17. The highest BCUT2D eigenvalue weighted by atomic mass is 16.1. The molecule has 31 heavy (non-hydrogen) atoms. The lowest BCUT2D eigenvalue weighted by molar-refractivity contribution is 0.0939. The van der Waals surface area contributed by atoms with Crippen LogP contribution >= 0.6 is 0 Å². The number of aromatic amines is 1. The van der Waals surface area contributed by atoms with Gasteiger partial charge >= 0.3 is 0 Å². The van der Waals surface area contributed by atoms with Crippen LogP contribution in [0.3, 0.4) is 0 Å². The molecule has 3 heterocycles. The molecule has 5 heteroatoms. The topological polar surface area (TPSA) is 58.1 Å². The third-order valence-electron chi connectivity index (χ3n) is 6.24. The van der Waals surface area contributed by atoms with Gasteiger partial charge in [-0.1, -0.05) is 24.3 Å². The van der Waals surface area contributed by atoms with E-state index in [1.54, 1.807) is 10.8 Å². The predicted octanol–water partition coefficient (Wildman–Crippen LogP) is 5.14. The number of H-pyrrole nitrogens is 1. The van der Waals surface area contributed by atoms with Crippen molar-refractivity contribution in [3.63, 3.8) is 0 Å². The van der Waals surface area contributed by atoms with Crippen molar-refractivity contribution in [2.24, 2.45) is 0 Å². The number of carbonyl (C=O) groups is 2. The molecule has 4 aromatic rings. The Balaban J connectivity index is 1.22. The highest BCUT2D eigenvalue weighted by Crippen LogP contribution is 2.29. The fourth-order valence-electron chi connectivity index (χ4n) is 4.49. The molecule has 0 fully saturated rings. The molecule has 0 unspecified atom stereocenters. The smallest absolute Gasteiger partial charge is 0.227 e. The second-order valence-electron chi connectivity index (χ2n) is 8.18. The summed E-state index contributed by atoms with van der Waals surface area (Å²) in [6.07, 6.45) is 7.63. The Morgan fingerprint density at radius 2 is 1.97 bits per heavy atom. The van der Waals surface area contributed by atoms with Gasteiger partial charge in [0.1, 0.15) is 0 Å². The van der Waals surface area contributed by atoms with Gasteiger partial charge in [0, 0.05) is 72.8 Å². The number of Topliss-reactive ketones (excluding diaryl/α,β-unsaturated/α-hetero) is 1. The van der Waals surface area contributed by atoms with Crippen LogP contribution in [0.5, 0.6) is 0 Å². The van der Waals surface area contributed by atoms with Crippen LogP contribution < -0.4 is 0 Å². The molecule has 1 aliphatic rings. The maximum Gasteiger partial charge on any atom is 0.227 e. The molecular weight excluding hydrogens is 386 g/mol. The third kappa shape index (κ3) is 3.73. The zero-order valence-electron chi connectivity index (χ0n) is 17.6. The van der Waals surface area contributed by atoms with Gasteiger partial charge in [-0.05, 0) is 42.3 Å². The van der Waals surface area contributed by atoms with Gasteiger partial charge in [-0.2, -0.15) is 0 Å². The van der Waals surface area contributed by atoms with Gasteiger partial charge in [0.2, 0.25) is 5.91 Å². The second kappa shape index (κ2) is 8.00. The van der Waals surface area contributed by atoms with Crippen molar-refractivity contribution >= 4 is 39.1 Å². The zero-order valence-corrected chi connectivity index (χ0v) is 17.6. The lowest BCUT2D eigenvalue weighted by atomic mass is 9.98. The average Bonchev–Trinajstić information content (AvgIpc) is 3.42. The van der Waals surface area contributed by atoms with Gasteiger partial charge in [-0.15, -0.1) is 0 Å². The van der Waals surface area contributed by atoms with Crippen LogP contribution in [0.25, 0.3) is 27.4 Å². The monoisotopic (exact) mass is 411 g/mol. The summed E-state index contributed by atoms with van der Waals surface area (Å²) < 4.78 is 1.61. The molecule has 1 N–H and O–H groups in total. The summed E-state index contributed by atoms with van der Waals surface area (Å²) in [5.41, 5.74) is 5.38. The lowest BCUT2D eigenvalue weighted by Crippen LogP contribution is -2.30. The van der Waals surface area contributed by atoms with E-state index in [2.05, 4.69) is 40.4 Å². The number of hydrogen-bond acceptors (Lipinski definition) is 3. The first-order valence-corrected chi connectivity index (χ1v) is 10.7. The van der Waals surface area contributed by atoms with Crippen molar-refractivity contribution in [1.82, 2.24) is 14.5 Å². The molecule has 0 radical (unpaired) electrons. The molecule has 5 nitrogen and oxygen atoms in total. The summed E-state index contributed by atoms with van der Waals surface area (Å²) in [5.74, 6) is 0.114. The largest absolute Gasteiger partial charge is 0.361 e. The molecule has 2 aromatic carbocycles. The number of benzene rings is 2. The van der Waals surface area contributed by atoms with Crippen LogP contribution in [0.2, 0.25) is 0 Å². The van der Waals surface area contributed by atoms with Crippen molar-refractivity contribution in [2.45, 2.75) is 19.8 Å². The summed E-state index contributed by atoms with van der Waals surface area (Å²) in [7, 11) is 0. The minimum atomic E-state index is -0.0285. The fourth-order valence-corrected chi connectivity index (χ4v) is 4.49. The molecule has 0 saturated heterocycles. The van der Waals surface area contributed by atoms with E-state index in [9.17, 15) is 9.59 Å². The summed E-state index contributed by atoms with van der Waals surface area (Å²) >= 11 is 0. The minimum Gasteiger partial charge on any atom is -0.361 e. The lowest BCUT2D eigenvalue weighted by Gasteiger charge is -2.26. The van der Waals surface area contributed by atoms with Crippen molar-refractivity contribution in [2.75, 3.05) is 19.6 Å². The van der Waals surface area contributed by atoms with E-state index in [0.717, 1.165) is 37.0 Å². The molecule has 0 saturated carbocycles. The number of fused-ring (bicyclic) bond motifs is 2. The van der Waals surface area contributed by atoms with Gasteiger partial charge < -0.3 is 4.98 Å². The Bertz CT molecular complexity index is 1320. The van der Waals surface area contributed by atoms with E-state index in [0.29, 0.717) is 12.0 Å². The van der Waals surface area contributed by atoms with Crippen LogP contribution in [0, 0.1) is 0 Å². The van der Waals surface area contributed by atoms with E-state index in [-0.39, 0.29) is 11.7 Å². The van der Waals surface area contributed by atoms with Gasteiger partial charge in [-0.3, -0.25) is 19.1 Å². The molecule has 0 aliphatic carbocycles. The number of hydrogen-bond donors (Lipinski definition) is 1. The number of carbonyl (C=O) groups excluding carboxylic acids is 2. The number of para-hydroxylation sites is 1. The van der Waals surface area contributed by atoms with Gasteiger partial charge in [0.25, 0.3) is 0 Å². The zero-order chi connectivity index (χ0) is 21.4. The quantitative estimate of drug-likeness (QED) is 0.462. The van der Waals surface area contributed by atoms with E-state index >= 15 is 0 Å². The first-order chi connectivity index (χ1) is 15.1. The molecule has 0 spiro atoms. The second-order valence-corrected chi connectivity index (χ2v) is 8.18. The molecular formula is C26H25N3O2. The van der Waals surface area contributed by atoms with Crippen molar-refractivity contribution in [3.05, 3.63) is 78.1 Å². The first-order valence-electron chi connectivity index (χ1n) is 10.7. The Hall–Kier alpha value is -3.44. The van der Waals surface area contributed by atoms with Crippen LogP contribution in [0.15, 0.2) is 67.0 Å². The van der Waals surface area contributed by atoms with Crippen LogP contribution in [-0.2, 0) is 0 Å². The number of nitrogens with one attached hydrogen (secondary N) is 1. The van der Waals surface area contributed by atoms with Gasteiger partial charge in [0.05, 0.1) is 5.52 Å². The minimum absolute atomic E-state index is 0.0285. The summed E-state index contributed by atoms with van der Waals surface area (Å²) in [4.78, 5) is 30.1. The summed E-state index contributed by atoms with van der Waals surface area (Å²) in [6.45, 7) is 4.11. The molecule has 5 rings (SSSR count). The van der Waals surface area contributed by atoms with Crippen LogP contribution in [-0.4, -0.2) is 45.8 Å². The van der Waals surface area contributed by atoms with Crippen molar-refractivity contribution < 1.29 is 9.59 Å². The number of ketones is 1. The SMILES string of the molecule is CC(=O)n1ccc2cc(C(=O)CCN3CC=C(c4c[nH]c5ccccc45)CC3)ccc21. The predicted molar refractivity (Wildman–Crippen MR) is 125 cm³/mol. The van der Waals surface area contributed by atoms with E-state index in [1.165, 1.54) is 29.0 Å². The Labute approximate surface area is 181 Å². The molecule has 0 bridgehead atoms. The number of rotatable bonds is 5. The Morgan fingerprint density at radius 1 is 1.10 bits per heavy atom. The molecule has 0 atom stereocenters. The maximum atomic E-state index is 12.7. The highest BCUT2D eigenvalue weighted by molar-refractivity contribution is 6.01. The Morgan fingerprint density at radius 3 is 2.77 bits per heavy atom. The third-order valence-corrected chi connectivity index (χ3v) is 6.24. The molecule has 156 valence electrons. The first kappa shape index (κ1) is 19.5. The van der Waals surface area contributed by atoms with E-state index in [4.69, 9.17) is 0 Å². The van der Waals surface area contributed by atoms with Crippen molar-refractivity contribution in [1.29, 1.82) is 0 Å². The number of nitrogens with zero attached hydrogens (tertiary/aromatic N) is 2. The maximum absolute atomic E-state index is 12.7. The average molecular weight is 412 g/mol. The van der Waals surface area contributed by atoms with Crippen LogP contribution in [0.4, 0.5) is 0 Å². The van der Waals surface area contributed by atoms with E-state index in [1.807, 2.05) is 30.3 Å². The summed E-state index contributed by atoms with van der Waals surface area (Å²) in [6, 6.07) is 15.9. The molecule has 0 amide bonds. The Kier molecular flexibility index (Phi) is 5.04. The summed E-state index contributed by atoms with van der Waals surface area (Å²) in [5, 5.41) is 2.19. The van der Waals surface area contributed by atoms with Gasteiger partial charge in [0.15, 0.2) is 5.78 Å². The van der Waals surface area contributed by atoms with Crippen molar-refractivity contribution in [3.8, 4) is 0 Å².